The van der Waals surface area contributed by atoms with Crippen molar-refractivity contribution < 1.29 is 14.7 Å². The Balaban J connectivity index is 2.29. The Morgan fingerprint density at radius 3 is 2.52 bits per heavy atom. The predicted octanol–water partition coefficient (Wildman–Crippen LogP) is 0.667. The molecule has 8 nitrogen and oxygen atoms in total. The number of rotatable bonds is 3. The lowest BCUT2D eigenvalue weighted by Crippen LogP contribution is -2.29. The van der Waals surface area contributed by atoms with Gasteiger partial charge in [0, 0.05) is 6.20 Å². The highest BCUT2D eigenvalue weighted by Crippen LogP contribution is 2.23. The van der Waals surface area contributed by atoms with Gasteiger partial charge in [-0.15, -0.1) is 0 Å². The van der Waals surface area contributed by atoms with Crippen LogP contribution >= 0.6 is 11.6 Å². The van der Waals surface area contributed by atoms with Gasteiger partial charge in [-0.3, -0.25) is 14.6 Å². The van der Waals surface area contributed by atoms with Crippen molar-refractivity contribution >= 4 is 29.2 Å². The second-order valence-corrected chi connectivity index (χ2v) is 4.35. The molecule has 0 aliphatic heterocycles. The van der Waals surface area contributed by atoms with Gasteiger partial charge in [0.05, 0.1) is 16.3 Å². The molecule has 0 aliphatic rings. The first-order chi connectivity index (χ1) is 9.88. The third-order valence-corrected chi connectivity index (χ3v) is 2.84. The molecule has 2 rings (SSSR count). The first kappa shape index (κ1) is 14.5. The van der Waals surface area contributed by atoms with Gasteiger partial charge in [0.2, 0.25) is 0 Å². The number of nitrogens with one attached hydrogen (secondary N) is 3. The molecule has 2 aromatic rings. The van der Waals surface area contributed by atoms with Crippen molar-refractivity contribution in [1.82, 2.24) is 9.97 Å². The Kier molecular flexibility index (Phi) is 3.90. The zero-order valence-corrected chi connectivity index (χ0v) is 11.0. The Morgan fingerprint density at radius 1 is 1.24 bits per heavy atom. The lowest BCUT2D eigenvalue weighted by molar-refractivity contribution is 0.0696. The molecule has 0 atom stereocenters. The zero-order valence-electron chi connectivity index (χ0n) is 10.3. The summed E-state index contributed by atoms with van der Waals surface area (Å²) in [5.41, 5.74) is -1.81. The largest absolute Gasteiger partial charge is 0.478 e. The molecule has 1 amide bonds. The van der Waals surface area contributed by atoms with Gasteiger partial charge in [-0.05, 0) is 18.2 Å². The third kappa shape index (κ3) is 3.18. The number of amides is 1. The van der Waals surface area contributed by atoms with Gasteiger partial charge in [-0.1, -0.05) is 11.6 Å². The molecule has 1 aromatic heterocycles. The van der Waals surface area contributed by atoms with E-state index in [9.17, 15) is 19.2 Å². The molecule has 0 bridgehead atoms. The van der Waals surface area contributed by atoms with Crippen LogP contribution in [0.1, 0.15) is 20.7 Å². The summed E-state index contributed by atoms with van der Waals surface area (Å²) in [5, 5.41) is 11.1. The number of hydrogen-bond donors (Lipinski definition) is 4. The van der Waals surface area contributed by atoms with E-state index in [1.165, 1.54) is 12.1 Å². The van der Waals surface area contributed by atoms with Gasteiger partial charge in [0.1, 0.15) is 5.56 Å². The monoisotopic (exact) mass is 309 g/mol. The number of halogens is 1. The summed E-state index contributed by atoms with van der Waals surface area (Å²) in [6, 6.07) is 3.71. The van der Waals surface area contributed by atoms with Gasteiger partial charge in [-0.2, -0.15) is 0 Å². The van der Waals surface area contributed by atoms with E-state index in [0.717, 1.165) is 12.3 Å². The maximum absolute atomic E-state index is 11.9. The Morgan fingerprint density at radius 2 is 1.95 bits per heavy atom. The van der Waals surface area contributed by atoms with E-state index in [2.05, 4.69) is 10.3 Å². The third-order valence-electron chi connectivity index (χ3n) is 2.53. The minimum absolute atomic E-state index is 0.00380. The average molecular weight is 310 g/mol. The number of carbonyl (C=O) groups excluding carboxylic acids is 1. The van der Waals surface area contributed by atoms with Crippen LogP contribution in [0, 0.1) is 0 Å². The summed E-state index contributed by atoms with van der Waals surface area (Å²) >= 11 is 5.85. The Labute approximate surface area is 121 Å². The van der Waals surface area contributed by atoms with Crippen molar-refractivity contribution in [2.45, 2.75) is 0 Å². The molecule has 1 aromatic carbocycles. The van der Waals surface area contributed by atoms with Gasteiger partial charge < -0.3 is 15.4 Å². The maximum atomic E-state index is 11.9. The molecule has 0 aliphatic carbocycles. The van der Waals surface area contributed by atoms with Crippen LogP contribution in [0.5, 0.6) is 0 Å². The van der Waals surface area contributed by atoms with Gasteiger partial charge >= 0.3 is 11.7 Å². The van der Waals surface area contributed by atoms with Gasteiger partial charge in [-0.25, -0.2) is 9.59 Å². The van der Waals surface area contributed by atoms with Crippen molar-refractivity contribution in [1.29, 1.82) is 0 Å². The molecule has 0 spiro atoms. The number of H-pyrrole nitrogens is 2. The minimum Gasteiger partial charge on any atom is -0.478 e. The van der Waals surface area contributed by atoms with Crippen LogP contribution in [-0.2, 0) is 0 Å². The quantitative estimate of drug-likeness (QED) is 0.661. The fourth-order valence-corrected chi connectivity index (χ4v) is 1.75. The summed E-state index contributed by atoms with van der Waals surface area (Å²) in [6.45, 7) is 0. The fraction of sp³-hybridized carbons (Fsp3) is 0. The summed E-state index contributed by atoms with van der Waals surface area (Å²) in [6.07, 6.45) is 0.968. The molecule has 0 radical (unpaired) electrons. The van der Waals surface area contributed by atoms with Crippen molar-refractivity contribution in [2.24, 2.45) is 0 Å². The van der Waals surface area contributed by atoms with E-state index in [-0.39, 0.29) is 21.8 Å². The number of carboxylic acids is 1. The van der Waals surface area contributed by atoms with E-state index in [1.807, 2.05) is 4.98 Å². The summed E-state index contributed by atoms with van der Waals surface area (Å²) < 4.78 is 0. The van der Waals surface area contributed by atoms with Crippen molar-refractivity contribution in [3.8, 4) is 0 Å². The number of aromatic nitrogens is 2. The first-order valence-electron chi connectivity index (χ1n) is 5.54. The van der Waals surface area contributed by atoms with Crippen molar-refractivity contribution in [2.75, 3.05) is 5.32 Å². The number of carboxylic acid groups (broad SMARTS) is 1. The van der Waals surface area contributed by atoms with Gasteiger partial charge in [0.25, 0.3) is 11.5 Å². The van der Waals surface area contributed by atoms with Gasteiger partial charge in [0.15, 0.2) is 0 Å². The fourth-order valence-electron chi connectivity index (χ4n) is 1.52. The van der Waals surface area contributed by atoms with Crippen LogP contribution in [-0.4, -0.2) is 27.0 Å². The van der Waals surface area contributed by atoms with Crippen molar-refractivity contribution in [3.05, 3.63) is 61.4 Å². The average Bonchev–Trinajstić information content (AvgIpc) is 2.40. The normalized spacial score (nSPS) is 10.1. The van der Waals surface area contributed by atoms with E-state index < -0.39 is 23.1 Å². The highest BCUT2D eigenvalue weighted by molar-refractivity contribution is 6.34. The number of carbonyl (C=O) groups is 2. The molecule has 0 saturated heterocycles. The smallest absolute Gasteiger partial charge is 0.335 e. The second-order valence-electron chi connectivity index (χ2n) is 3.94. The van der Waals surface area contributed by atoms with E-state index in [1.54, 1.807) is 0 Å². The molecule has 0 saturated carbocycles. The lowest BCUT2D eigenvalue weighted by Gasteiger charge is -2.07. The molecule has 108 valence electrons. The lowest BCUT2D eigenvalue weighted by atomic mass is 10.2. The molecule has 4 N–H and O–H groups in total. The molecular weight excluding hydrogens is 302 g/mol. The molecule has 21 heavy (non-hydrogen) atoms. The van der Waals surface area contributed by atoms with Crippen LogP contribution in [0.25, 0.3) is 0 Å². The highest BCUT2D eigenvalue weighted by atomic mass is 35.5. The molecule has 0 unspecified atom stereocenters. The van der Waals surface area contributed by atoms with Crippen LogP contribution < -0.4 is 16.6 Å². The molecular formula is C12H8ClN3O5. The van der Waals surface area contributed by atoms with Crippen LogP contribution in [0.3, 0.4) is 0 Å². The highest BCUT2D eigenvalue weighted by Gasteiger charge is 2.14. The predicted molar refractivity (Wildman–Crippen MR) is 74.0 cm³/mol. The molecule has 1 heterocycles. The van der Waals surface area contributed by atoms with Crippen LogP contribution in [0.15, 0.2) is 34.0 Å². The van der Waals surface area contributed by atoms with E-state index >= 15 is 0 Å². The van der Waals surface area contributed by atoms with Crippen LogP contribution in [0.2, 0.25) is 5.02 Å². The number of benzene rings is 1. The molecule has 9 heteroatoms. The number of hydrogen-bond acceptors (Lipinski definition) is 4. The zero-order chi connectivity index (χ0) is 15.6. The summed E-state index contributed by atoms with van der Waals surface area (Å²) in [7, 11) is 0. The molecule has 0 fully saturated rings. The maximum Gasteiger partial charge on any atom is 0.335 e. The summed E-state index contributed by atoms with van der Waals surface area (Å²) in [4.78, 5) is 49.0. The topological polar surface area (TPSA) is 132 Å². The summed E-state index contributed by atoms with van der Waals surface area (Å²) in [5.74, 6) is -1.95. The number of aromatic carboxylic acids is 1. The Bertz CT molecular complexity index is 839. The van der Waals surface area contributed by atoms with E-state index in [4.69, 9.17) is 16.7 Å². The second kappa shape index (κ2) is 5.63. The first-order valence-corrected chi connectivity index (χ1v) is 5.92. The number of aromatic amines is 2. The number of anilines is 1. The standard InChI is InChI=1S/C12H8ClN3O5/c13-7-3-5(11(19)20)1-2-8(7)15-9(17)6-4-14-12(21)16-10(6)18/h1-4H,(H,15,17)(H,19,20)(H2,14,16,18,21). The SMILES string of the molecule is O=C(O)c1ccc(NC(=O)c2c[nH]c(=O)[nH]c2=O)c(Cl)c1. The van der Waals surface area contributed by atoms with Crippen molar-refractivity contribution in [3.63, 3.8) is 0 Å². The Hall–Kier alpha value is -2.87. The van der Waals surface area contributed by atoms with Crippen LogP contribution in [0.4, 0.5) is 5.69 Å². The van der Waals surface area contributed by atoms with E-state index in [0.29, 0.717) is 0 Å². The minimum atomic E-state index is -1.16.